The number of benzene rings is 1. The molecule has 1 aromatic carbocycles. The van der Waals surface area contributed by atoms with Crippen molar-refractivity contribution < 1.29 is 32.3 Å². The van der Waals surface area contributed by atoms with E-state index in [0.29, 0.717) is 11.1 Å². The van der Waals surface area contributed by atoms with Gasteiger partial charge in [-0.2, -0.15) is 13.2 Å². The summed E-state index contributed by atoms with van der Waals surface area (Å²) in [5, 5.41) is 4.12. The summed E-state index contributed by atoms with van der Waals surface area (Å²) >= 11 is 0. The highest BCUT2D eigenvalue weighted by atomic mass is 19.4. The second-order valence-corrected chi connectivity index (χ2v) is 6.01. The molecule has 1 aromatic rings. The molecule has 0 aromatic heterocycles. The maximum atomic E-state index is 12.3. The fraction of sp³-hybridized carbons (Fsp3) is 0.471. The third-order valence-corrected chi connectivity index (χ3v) is 3.43. The van der Waals surface area contributed by atoms with E-state index in [1.807, 2.05) is 0 Å². The van der Waals surface area contributed by atoms with Crippen LogP contribution in [0.25, 0.3) is 0 Å². The fourth-order valence-electron chi connectivity index (χ4n) is 2.02. The number of carbonyl (C=O) groups excluding carboxylic acids is 3. The Bertz CT molecular complexity index is 660. The van der Waals surface area contributed by atoms with Gasteiger partial charge in [-0.05, 0) is 24.5 Å². The van der Waals surface area contributed by atoms with Gasteiger partial charge in [0, 0.05) is 5.56 Å². The van der Waals surface area contributed by atoms with Crippen LogP contribution in [0.2, 0.25) is 0 Å². The van der Waals surface area contributed by atoms with Crippen LogP contribution in [0.4, 0.5) is 13.2 Å². The Morgan fingerprint density at radius 1 is 1.15 bits per heavy atom. The van der Waals surface area contributed by atoms with Crippen molar-refractivity contribution >= 4 is 17.8 Å². The lowest BCUT2D eigenvalue weighted by atomic mass is 10.0. The highest BCUT2D eigenvalue weighted by Gasteiger charge is 2.29. The molecule has 0 saturated heterocycles. The first-order chi connectivity index (χ1) is 12.0. The Hall–Kier alpha value is -2.58. The molecule has 6 nitrogen and oxygen atoms in total. The summed E-state index contributed by atoms with van der Waals surface area (Å²) in [4.78, 5) is 35.7. The number of ether oxygens (including phenoxy) is 1. The molecule has 0 spiro atoms. The van der Waals surface area contributed by atoms with Crippen molar-refractivity contribution in [2.24, 2.45) is 5.92 Å². The number of hydrogen-bond acceptors (Lipinski definition) is 4. The van der Waals surface area contributed by atoms with Gasteiger partial charge in [0.15, 0.2) is 6.61 Å². The summed E-state index contributed by atoms with van der Waals surface area (Å²) in [5.74, 6) is -2.82. The van der Waals surface area contributed by atoms with Gasteiger partial charge in [-0.25, -0.2) is 4.79 Å². The second-order valence-electron chi connectivity index (χ2n) is 6.01. The molecule has 1 rings (SSSR count). The predicted molar refractivity (Wildman–Crippen MR) is 87.3 cm³/mol. The van der Waals surface area contributed by atoms with Crippen molar-refractivity contribution in [1.29, 1.82) is 0 Å². The molecule has 0 heterocycles. The first-order valence-corrected chi connectivity index (χ1v) is 7.88. The summed E-state index contributed by atoms with van der Waals surface area (Å²) in [6.07, 6.45) is -4.55. The molecule has 2 N–H and O–H groups in total. The summed E-state index contributed by atoms with van der Waals surface area (Å²) in [5.41, 5.74) is 1.10. The number of halogens is 3. The van der Waals surface area contributed by atoms with Crippen LogP contribution in [0.1, 0.15) is 29.8 Å². The van der Waals surface area contributed by atoms with Crippen LogP contribution in [-0.4, -0.2) is 43.2 Å². The molecule has 1 atom stereocenters. The van der Waals surface area contributed by atoms with E-state index in [1.54, 1.807) is 50.4 Å². The van der Waals surface area contributed by atoms with Gasteiger partial charge in [0.05, 0.1) is 0 Å². The normalized spacial score (nSPS) is 12.4. The monoisotopic (exact) mass is 374 g/mol. The SMILES string of the molecule is Cc1ccccc1C(=O)N[C@H](C(=O)OCC(=O)NCC(F)(F)F)C(C)C. The zero-order valence-electron chi connectivity index (χ0n) is 14.6. The van der Waals surface area contributed by atoms with Crippen LogP contribution in [0, 0.1) is 12.8 Å². The van der Waals surface area contributed by atoms with E-state index in [-0.39, 0.29) is 5.92 Å². The summed E-state index contributed by atoms with van der Waals surface area (Å²) < 4.78 is 40.8. The lowest BCUT2D eigenvalue weighted by Crippen LogP contribution is -2.46. The smallest absolute Gasteiger partial charge is 0.405 e. The first kappa shape index (κ1) is 21.5. The summed E-state index contributed by atoms with van der Waals surface area (Å²) in [6, 6.07) is 5.73. The molecule has 144 valence electrons. The standard InChI is InChI=1S/C17H21F3N2O4/c1-10(2)14(22-15(24)12-7-5-4-6-11(12)3)16(25)26-8-13(23)21-9-17(18,19)20/h4-7,10,14H,8-9H2,1-3H3,(H,21,23)(H,22,24)/t14-/m0/s1. The van der Waals surface area contributed by atoms with Crippen molar-refractivity contribution in [3.63, 3.8) is 0 Å². The Morgan fingerprint density at radius 2 is 1.77 bits per heavy atom. The first-order valence-electron chi connectivity index (χ1n) is 7.88. The number of esters is 1. The molecule has 0 radical (unpaired) electrons. The number of nitrogens with one attached hydrogen (secondary N) is 2. The van der Waals surface area contributed by atoms with Crippen LogP contribution in [0.15, 0.2) is 24.3 Å². The van der Waals surface area contributed by atoms with Crippen molar-refractivity contribution in [3.05, 3.63) is 35.4 Å². The molecule has 0 aliphatic carbocycles. The van der Waals surface area contributed by atoms with Gasteiger partial charge in [0.1, 0.15) is 12.6 Å². The van der Waals surface area contributed by atoms with E-state index >= 15 is 0 Å². The number of carbonyl (C=O) groups is 3. The van der Waals surface area contributed by atoms with E-state index in [1.165, 1.54) is 0 Å². The molecular formula is C17H21F3N2O4. The van der Waals surface area contributed by atoms with Crippen molar-refractivity contribution in [2.45, 2.75) is 33.0 Å². The minimum absolute atomic E-state index is 0.353. The van der Waals surface area contributed by atoms with Crippen molar-refractivity contribution in [1.82, 2.24) is 10.6 Å². The number of hydrogen-bond donors (Lipinski definition) is 2. The maximum absolute atomic E-state index is 12.3. The lowest BCUT2D eigenvalue weighted by Gasteiger charge is -2.21. The van der Waals surface area contributed by atoms with Gasteiger partial charge < -0.3 is 15.4 Å². The zero-order chi connectivity index (χ0) is 19.9. The summed E-state index contributed by atoms with van der Waals surface area (Å²) in [7, 11) is 0. The lowest BCUT2D eigenvalue weighted by molar-refractivity contribution is -0.153. The van der Waals surface area contributed by atoms with Gasteiger partial charge in [-0.15, -0.1) is 0 Å². The van der Waals surface area contributed by atoms with Crippen LogP contribution in [-0.2, 0) is 14.3 Å². The van der Waals surface area contributed by atoms with E-state index < -0.39 is 43.2 Å². The molecule has 9 heteroatoms. The van der Waals surface area contributed by atoms with E-state index in [2.05, 4.69) is 5.32 Å². The molecule has 0 saturated carbocycles. The number of aryl methyl sites for hydroxylation is 1. The van der Waals surface area contributed by atoms with Gasteiger partial charge in [-0.1, -0.05) is 32.0 Å². The van der Waals surface area contributed by atoms with Gasteiger partial charge >= 0.3 is 12.1 Å². The van der Waals surface area contributed by atoms with E-state index in [9.17, 15) is 27.6 Å². The fourth-order valence-corrected chi connectivity index (χ4v) is 2.02. The Morgan fingerprint density at radius 3 is 2.31 bits per heavy atom. The number of alkyl halides is 3. The number of amides is 2. The second kappa shape index (κ2) is 9.21. The third kappa shape index (κ3) is 7.12. The third-order valence-electron chi connectivity index (χ3n) is 3.43. The Balaban J connectivity index is 2.63. The minimum Gasteiger partial charge on any atom is -0.454 e. The Labute approximate surface area is 149 Å². The van der Waals surface area contributed by atoms with Crippen molar-refractivity contribution in [3.8, 4) is 0 Å². The molecule has 0 aliphatic heterocycles. The number of rotatable bonds is 7. The van der Waals surface area contributed by atoms with Gasteiger partial charge in [0.2, 0.25) is 0 Å². The Kier molecular flexibility index (Phi) is 7.60. The molecule has 26 heavy (non-hydrogen) atoms. The van der Waals surface area contributed by atoms with Gasteiger partial charge in [-0.3, -0.25) is 9.59 Å². The molecule has 0 fully saturated rings. The molecule has 0 unspecified atom stereocenters. The molecular weight excluding hydrogens is 353 g/mol. The maximum Gasteiger partial charge on any atom is 0.405 e. The molecule has 0 bridgehead atoms. The predicted octanol–water partition coefficient (Wildman–Crippen LogP) is 1.97. The average molecular weight is 374 g/mol. The highest BCUT2D eigenvalue weighted by molar-refractivity contribution is 5.98. The zero-order valence-corrected chi connectivity index (χ0v) is 14.6. The van der Waals surface area contributed by atoms with Crippen LogP contribution < -0.4 is 10.6 Å². The van der Waals surface area contributed by atoms with E-state index in [4.69, 9.17) is 4.74 Å². The highest BCUT2D eigenvalue weighted by Crippen LogP contribution is 2.12. The topological polar surface area (TPSA) is 84.5 Å². The summed E-state index contributed by atoms with van der Waals surface area (Å²) in [6.45, 7) is 2.68. The quantitative estimate of drug-likeness (QED) is 0.715. The molecule has 0 aliphatic rings. The average Bonchev–Trinajstić information content (AvgIpc) is 2.54. The van der Waals surface area contributed by atoms with Crippen LogP contribution in [0.5, 0.6) is 0 Å². The van der Waals surface area contributed by atoms with Crippen LogP contribution in [0.3, 0.4) is 0 Å². The molecule has 2 amide bonds. The largest absolute Gasteiger partial charge is 0.454 e. The van der Waals surface area contributed by atoms with E-state index in [0.717, 1.165) is 0 Å². The van der Waals surface area contributed by atoms with Crippen molar-refractivity contribution in [2.75, 3.05) is 13.2 Å². The van der Waals surface area contributed by atoms with Crippen LogP contribution >= 0.6 is 0 Å². The minimum atomic E-state index is -4.55. The van der Waals surface area contributed by atoms with Gasteiger partial charge in [0.25, 0.3) is 11.8 Å².